The van der Waals surface area contributed by atoms with Gasteiger partial charge in [0.1, 0.15) is 5.75 Å². The molecule has 0 bridgehead atoms. The molecule has 2 amide bonds. The third-order valence-electron chi connectivity index (χ3n) is 6.69. The predicted octanol–water partition coefficient (Wildman–Crippen LogP) is 2.46. The van der Waals surface area contributed by atoms with Crippen molar-refractivity contribution in [1.29, 1.82) is 0 Å². The van der Waals surface area contributed by atoms with Crippen LogP contribution in [0.2, 0.25) is 0 Å². The number of likely N-dealkylation sites (N-methyl/N-ethyl adjacent to an activating group) is 2. The molecule has 2 aliphatic rings. The number of benzene rings is 1. The number of nitrogens with zero attached hydrogens (tertiary/aromatic N) is 6. The SMILES string of the molecule is CN1CCN(C(=O)C2=Cc3cc(Nc4nccc(-c5cc(OCC(=O)N(C)C)ccn5)n4)ccc3C2)CC1. The van der Waals surface area contributed by atoms with Crippen LogP contribution in [0.1, 0.15) is 11.1 Å². The summed E-state index contributed by atoms with van der Waals surface area (Å²) >= 11 is 0. The number of anilines is 2. The summed E-state index contributed by atoms with van der Waals surface area (Å²) in [6.45, 7) is 3.29. The first-order valence-corrected chi connectivity index (χ1v) is 12.6. The van der Waals surface area contributed by atoms with Gasteiger partial charge in [-0.3, -0.25) is 14.6 Å². The van der Waals surface area contributed by atoms with Gasteiger partial charge in [0, 0.05) is 76.4 Å². The van der Waals surface area contributed by atoms with Crippen molar-refractivity contribution in [3.63, 3.8) is 0 Å². The van der Waals surface area contributed by atoms with Gasteiger partial charge in [-0.1, -0.05) is 6.07 Å². The van der Waals surface area contributed by atoms with E-state index in [2.05, 4.69) is 32.2 Å². The Kier molecular flexibility index (Phi) is 7.32. The van der Waals surface area contributed by atoms with Crippen LogP contribution in [-0.2, 0) is 16.0 Å². The normalized spacial score (nSPS) is 15.0. The van der Waals surface area contributed by atoms with E-state index in [9.17, 15) is 9.59 Å². The molecule has 2 aromatic heterocycles. The summed E-state index contributed by atoms with van der Waals surface area (Å²) in [5.41, 5.74) is 5.05. The number of carbonyl (C=O) groups is 2. The molecule has 1 saturated heterocycles. The van der Waals surface area contributed by atoms with Crippen LogP contribution in [0.5, 0.6) is 5.75 Å². The number of rotatable bonds is 7. The fourth-order valence-electron chi connectivity index (χ4n) is 4.37. The Labute approximate surface area is 222 Å². The Hall–Kier alpha value is -4.31. The lowest BCUT2D eigenvalue weighted by Crippen LogP contribution is -2.47. The second-order valence-corrected chi connectivity index (χ2v) is 9.70. The molecule has 3 heterocycles. The van der Waals surface area contributed by atoms with Crippen LogP contribution in [0.3, 0.4) is 0 Å². The van der Waals surface area contributed by atoms with Crippen molar-refractivity contribution < 1.29 is 14.3 Å². The molecule has 196 valence electrons. The van der Waals surface area contributed by atoms with Crippen molar-refractivity contribution in [2.45, 2.75) is 6.42 Å². The largest absolute Gasteiger partial charge is 0.484 e. The van der Waals surface area contributed by atoms with Gasteiger partial charge in [0.25, 0.3) is 5.91 Å². The minimum atomic E-state index is -0.128. The topological polar surface area (TPSA) is 104 Å². The summed E-state index contributed by atoms with van der Waals surface area (Å²) in [7, 11) is 5.45. The van der Waals surface area contributed by atoms with E-state index in [1.807, 2.05) is 29.2 Å². The van der Waals surface area contributed by atoms with E-state index in [0.29, 0.717) is 29.5 Å². The number of nitrogens with one attached hydrogen (secondary N) is 1. The zero-order valence-electron chi connectivity index (χ0n) is 21.8. The first-order chi connectivity index (χ1) is 18.4. The van der Waals surface area contributed by atoms with E-state index in [1.165, 1.54) is 4.90 Å². The molecular formula is C28H31N7O3. The molecule has 0 radical (unpaired) electrons. The quantitative estimate of drug-likeness (QED) is 0.514. The number of hydrogen-bond acceptors (Lipinski definition) is 8. The van der Waals surface area contributed by atoms with Crippen LogP contribution in [0.4, 0.5) is 11.6 Å². The van der Waals surface area contributed by atoms with E-state index in [1.54, 1.807) is 44.7 Å². The molecule has 1 aromatic carbocycles. The van der Waals surface area contributed by atoms with Gasteiger partial charge >= 0.3 is 0 Å². The highest BCUT2D eigenvalue weighted by molar-refractivity contribution is 6.00. The number of aromatic nitrogens is 3. The van der Waals surface area contributed by atoms with Gasteiger partial charge in [0.15, 0.2) is 6.61 Å². The molecule has 0 spiro atoms. The maximum absolute atomic E-state index is 13.0. The third-order valence-corrected chi connectivity index (χ3v) is 6.69. The lowest BCUT2D eigenvalue weighted by atomic mass is 10.1. The van der Waals surface area contributed by atoms with Crippen molar-refractivity contribution in [2.24, 2.45) is 0 Å². The highest BCUT2D eigenvalue weighted by Crippen LogP contribution is 2.30. The fourth-order valence-corrected chi connectivity index (χ4v) is 4.37. The summed E-state index contributed by atoms with van der Waals surface area (Å²) < 4.78 is 5.60. The summed E-state index contributed by atoms with van der Waals surface area (Å²) in [6.07, 6.45) is 5.93. The number of ether oxygens (including phenoxy) is 1. The molecule has 0 atom stereocenters. The molecule has 10 nitrogen and oxygen atoms in total. The minimum Gasteiger partial charge on any atom is -0.484 e. The smallest absolute Gasteiger partial charge is 0.259 e. The molecule has 3 aromatic rings. The van der Waals surface area contributed by atoms with Crippen molar-refractivity contribution in [3.8, 4) is 17.1 Å². The van der Waals surface area contributed by atoms with Gasteiger partial charge in [-0.05, 0) is 48.5 Å². The first-order valence-electron chi connectivity index (χ1n) is 12.6. The molecule has 10 heteroatoms. The van der Waals surface area contributed by atoms with Gasteiger partial charge in [-0.15, -0.1) is 0 Å². The number of piperazine rings is 1. The third kappa shape index (κ3) is 5.81. The highest BCUT2D eigenvalue weighted by atomic mass is 16.5. The second kappa shape index (κ2) is 11.0. The Morgan fingerprint density at radius 2 is 1.79 bits per heavy atom. The summed E-state index contributed by atoms with van der Waals surface area (Å²) in [4.78, 5) is 43.9. The standard InChI is InChI=1S/C28H31N7O3/c1-33(2)26(36)18-38-23-6-8-29-25(17-23)24-7-9-30-28(32-24)31-22-5-4-19-14-21(15-20(19)16-22)27(37)35-12-10-34(3)11-13-35/h4-9,15-17H,10-14,18H2,1-3H3,(H,30,31,32). The Balaban J connectivity index is 1.27. The number of amides is 2. The lowest BCUT2D eigenvalue weighted by Gasteiger charge is -2.32. The summed E-state index contributed by atoms with van der Waals surface area (Å²) in [6, 6.07) is 11.2. The molecule has 5 rings (SSSR count). The summed E-state index contributed by atoms with van der Waals surface area (Å²) in [5.74, 6) is 0.959. The molecule has 1 fully saturated rings. The second-order valence-electron chi connectivity index (χ2n) is 9.70. The van der Waals surface area contributed by atoms with Crippen molar-refractivity contribution >= 4 is 29.5 Å². The molecule has 1 N–H and O–H groups in total. The van der Waals surface area contributed by atoms with E-state index in [-0.39, 0.29) is 18.4 Å². The number of fused-ring (bicyclic) bond motifs is 1. The highest BCUT2D eigenvalue weighted by Gasteiger charge is 2.25. The van der Waals surface area contributed by atoms with Crippen molar-refractivity contribution in [3.05, 3.63) is 65.5 Å². The molecule has 38 heavy (non-hydrogen) atoms. The predicted molar refractivity (Wildman–Crippen MR) is 145 cm³/mol. The first kappa shape index (κ1) is 25.3. The number of carbonyl (C=O) groups excluding carboxylic acids is 2. The maximum atomic E-state index is 13.0. The number of pyridine rings is 1. The average molecular weight is 514 g/mol. The molecule has 0 unspecified atom stereocenters. The Morgan fingerprint density at radius 3 is 2.58 bits per heavy atom. The van der Waals surface area contributed by atoms with Gasteiger partial charge in [-0.2, -0.15) is 0 Å². The van der Waals surface area contributed by atoms with Crippen molar-refractivity contribution in [2.75, 3.05) is 59.2 Å². The van der Waals surface area contributed by atoms with Crippen molar-refractivity contribution in [1.82, 2.24) is 29.7 Å². The molecule has 1 aliphatic heterocycles. The van der Waals surface area contributed by atoms with Crippen LogP contribution < -0.4 is 10.1 Å². The molecule has 1 aliphatic carbocycles. The minimum absolute atomic E-state index is 0.0531. The van der Waals surface area contributed by atoms with Gasteiger partial charge in [0.05, 0.1) is 11.4 Å². The maximum Gasteiger partial charge on any atom is 0.259 e. The van der Waals surface area contributed by atoms with Crippen LogP contribution in [0.25, 0.3) is 17.5 Å². The van der Waals surface area contributed by atoms with E-state index < -0.39 is 0 Å². The van der Waals surface area contributed by atoms with Crippen LogP contribution in [0, 0.1) is 0 Å². The van der Waals surface area contributed by atoms with Gasteiger partial charge in [-0.25, -0.2) is 9.97 Å². The van der Waals surface area contributed by atoms with Crippen LogP contribution in [0.15, 0.2) is 54.4 Å². The Morgan fingerprint density at radius 1 is 1.00 bits per heavy atom. The van der Waals surface area contributed by atoms with Gasteiger partial charge < -0.3 is 24.8 Å². The molecule has 0 saturated carbocycles. The van der Waals surface area contributed by atoms with Crippen LogP contribution in [-0.4, -0.2) is 95.4 Å². The monoisotopic (exact) mass is 513 g/mol. The van der Waals surface area contributed by atoms with E-state index >= 15 is 0 Å². The Bertz CT molecular complexity index is 1380. The summed E-state index contributed by atoms with van der Waals surface area (Å²) in [5, 5.41) is 3.26. The lowest BCUT2D eigenvalue weighted by molar-refractivity contribution is -0.131. The van der Waals surface area contributed by atoms with Crippen LogP contribution >= 0.6 is 0 Å². The molecular weight excluding hydrogens is 482 g/mol. The van der Waals surface area contributed by atoms with Gasteiger partial charge in [0.2, 0.25) is 11.9 Å². The van der Waals surface area contributed by atoms with E-state index in [0.717, 1.165) is 48.6 Å². The number of hydrogen-bond donors (Lipinski definition) is 1. The fraction of sp³-hybridized carbons (Fsp3) is 0.321. The average Bonchev–Trinajstić information content (AvgIpc) is 3.35. The zero-order chi connectivity index (χ0) is 26.6. The van der Waals surface area contributed by atoms with E-state index in [4.69, 9.17) is 4.74 Å². The zero-order valence-corrected chi connectivity index (χ0v) is 21.8.